The van der Waals surface area contributed by atoms with Gasteiger partial charge in [-0.2, -0.15) is 5.10 Å². The maximum absolute atomic E-state index is 12.6. The van der Waals surface area contributed by atoms with Crippen molar-refractivity contribution in [2.45, 2.75) is 71.6 Å². The first-order valence-corrected chi connectivity index (χ1v) is 10.4. The van der Waals surface area contributed by atoms with Gasteiger partial charge in [-0.3, -0.25) is 4.79 Å². The summed E-state index contributed by atoms with van der Waals surface area (Å²) in [5.74, 6) is 2.65. The molecule has 1 aromatic heterocycles. The molecule has 6 nitrogen and oxygen atoms in total. The summed E-state index contributed by atoms with van der Waals surface area (Å²) in [7, 11) is 0. The molecule has 0 saturated heterocycles. The van der Waals surface area contributed by atoms with Crippen LogP contribution in [0.3, 0.4) is 0 Å². The van der Waals surface area contributed by atoms with E-state index in [2.05, 4.69) is 10.5 Å². The molecule has 4 bridgehead atoms. The quantitative estimate of drug-likeness (QED) is 0.577. The standard InChI is InChI=1S/C22H30N2O4/c1-13(19-8-18(28-14(19)2)3-4-21(26)27)23-24-20(25)12-22-9-15-5-16(10-22)7-17(6-15)11-22/h8,15-17H,3-7,9-12H2,1-2H3,(H,24,25)(H,26,27)/p-1/b23-13-. The third-order valence-corrected chi connectivity index (χ3v) is 6.98. The van der Waals surface area contributed by atoms with Crippen molar-refractivity contribution in [3.63, 3.8) is 0 Å². The molecule has 28 heavy (non-hydrogen) atoms. The molecular weight excluding hydrogens is 356 g/mol. The predicted molar refractivity (Wildman–Crippen MR) is 102 cm³/mol. The molecule has 4 aliphatic carbocycles. The van der Waals surface area contributed by atoms with Crippen molar-refractivity contribution in [3.05, 3.63) is 23.2 Å². The molecule has 0 radical (unpaired) electrons. The maximum Gasteiger partial charge on any atom is 0.240 e. The molecule has 1 N–H and O–H groups in total. The van der Waals surface area contributed by atoms with E-state index in [9.17, 15) is 14.7 Å². The summed E-state index contributed by atoms with van der Waals surface area (Å²) in [6, 6.07) is 1.79. The Kier molecular flexibility index (Phi) is 5.06. The lowest BCUT2D eigenvalue weighted by Crippen LogP contribution is -2.47. The summed E-state index contributed by atoms with van der Waals surface area (Å²) in [5, 5.41) is 14.9. The molecule has 0 spiro atoms. The zero-order valence-corrected chi connectivity index (χ0v) is 16.8. The van der Waals surface area contributed by atoms with E-state index >= 15 is 0 Å². The summed E-state index contributed by atoms with van der Waals surface area (Å²) in [6.45, 7) is 3.64. The van der Waals surface area contributed by atoms with Gasteiger partial charge in [0.25, 0.3) is 0 Å². The Bertz CT molecular complexity index is 772. The number of hydrogen-bond acceptors (Lipinski definition) is 5. The van der Waals surface area contributed by atoms with Crippen molar-refractivity contribution >= 4 is 17.6 Å². The monoisotopic (exact) mass is 385 g/mol. The largest absolute Gasteiger partial charge is 0.550 e. The number of carboxylic acid groups (broad SMARTS) is 1. The third-order valence-electron chi connectivity index (χ3n) is 6.98. The average Bonchev–Trinajstić information content (AvgIpc) is 2.97. The van der Waals surface area contributed by atoms with Gasteiger partial charge in [-0.25, -0.2) is 5.43 Å². The number of carbonyl (C=O) groups excluding carboxylic acids is 2. The van der Waals surface area contributed by atoms with E-state index in [1.165, 1.54) is 38.5 Å². The molecule has 4 aliphatic rings. The molecule has 0 unspecified atom stereocenters. The van der Waals surface area contributed by atoms with Crippen LogP contribution in [0, 0.1) is 30.1 Å². The molecule has 1 amide bonds. The van der Waals surface area contributed by atoms with E-state index in [1.807, 2.05) is 13.8 Å². The molecular formula is C22H29N2O4-. The van der Waals surface area contributed by atoms with Gasteiger partial charge in [0, 0.05) is 24.4 Å². The SMILES string of the molecule is C/C(=N/NC(=O)CC12CC3CC(CC(C3)C1)C2)c1cc(CCC(=O)[O-])oc1C. The first-order valence-electron chi connectivity index (χ1n) is 10.4. The van der Waals surface area contributed by atoms with Crippen LogP contribution in [0.5, 0.6) is 0 Å². The number of aliphatic carboxylic acids is 1. The van der Waals surface area contributed by atoms with Crippen LogP contribution >= 0.6 is 0 Å². The van der Waals surface area contributed by atoms with Crippen molar-refractivity contribution in [1.82, 2.24) is 5.43 Å². The zero-order chi connectivity index (χ0) is 19.9. The topological polar surface area (TPSA) is 94.7 Å². The number of carbonyl (C=O) groups is 2. The van der Waals surface area contributed by atoms with E-state index in [0.717, 1.165) is 23.3 Å². The molecule has 0 aromatic carbocycles. The Hall–Kier alpha value is -2.11. The van der Waals surface area contributed by atoms with Gasteiger partial charge in [0.15, 0.2) is 0 Å². The first kappa shape index (κ1) is 19.2. The number of hydrogen-bond donors (Lipinski definition) is 1. The molecule has 6 heteroatoms. The van der Waals surface area contributed by atoms with Crippen LogP contribution in [0.4, 0.5) is 0 Å². The highest BCUT2D eigenvalue weighted by atomic mass is 16.4. The second kappa shape index (κ2) is 7.37. The fourth-order valence-corrected chi connectivity index (χ4v) is 6.34. The van der Waals surface area contributed by atoms with E-state index in [4.69, 9.17) is 4.42 Å². The summed E-state index contributed by atoms with van der Waals surface area (Å²) >= 11 is 0. The maximum atomic E-state index is 12.6. The van der Waals surface area contributed by atoms with Crippen molar-refractivity contribution in [2.24, 2.45) is 28.3 Å². The zero-order valence-electron chi connectivity index (χ0n) is 16.8. The van der Waals surface area contributed by atoms with Gasteiger partial charge in [0.05, 0.1) is 5.71 Å². The summed E-state index contributed by atoms with van der Waals surface area (Å²) in [4.78, 5) is 23.2. The molecule has 5 rings (SSSR count). The van der Waals surface area contributed by atoms with E-state index in [1.54, 1.807) is 6.07 Å². The summed E-state index contributed by atoms with van der Waals surface area (Å²) in [5.41, 5.74) is 4.41. The van der Waals surface area contributed by atoms with E-state index in [-0.39, 0.29) is 24.2 Å². The van der Waals surface area contributed by atoms with Crippen molar-refractivity contribution < 1.29 is 19.1 Å². The minimum absolute atomic E-state index is 0.000349. The van der Waals surface area contributed by atoms with Gasteiger partial charge in [0.2, 0.25) is 5.91 Å². The minimum atomic E-state index is -1.10. The van der Waals surface area contributed by atoms with E-state index < -0.39 is 5.97 Å². The number of nitrogens with zero attached hydrogens (tertiary/aromatic N) is 1. The van der Waals surface area contributed by atoms with E-state index in [0.29, 0.717) is 23.7 Å². The Balaban J connectivity index is 1.36. The Morgan fingerprint density at radius 2 is 1.82 bits per heavy atom. The lowest BCUT2D eigenvalue weighted by Gasteiger charge is -2.56. The Morgan fingerprint density at radius 1 is 1.21 bits per heavy atom. The predicted octanol–water partition coefficient (Wildman–Crippen LogP) is 2.72. The van der Waals surface area contributed by atoms with Crippen molar-refractivity contribution in [3.8, 4) is 0 Å². The van der Waals surface area contributed by atoms with Crippen LogP contribution in [0.25, 0.3) is 0 Å². The van der Waals surface area contributed by atoms with Crippen LogP contribution in [-0.4, -0.2) is 17.6 Å². The van der Waals surface area contributed by atoms with Crippen molar-refractivity contribution in [2.75, 3.05) is 0 Å². The number of rotatable bonds is 7. The number of furan rings is 1. The van der Waals surface area contributed by atoms with Gasteiger partial charge in [-0.1, -0.05) is 0 Å². The smallest absolute Gasteiger partial charge is 0.240 e. The average molecular weight is 385 g/mol. The van der Waals surface area contributed by atoms with Gasteiger partial charge >= 0.3 is 0 Å². The second-order valence-electron chi connectivity index (χ2n) is 9.38. The number of carboxylic acids is 1. The Labute approximate surface area is 165 Å². The molecule has 0 aliphatic heterocycles. The lowest BCUT2D eigenvalue weighted by atomic mass is 9.49. The van der Waals surface area contributed by atoms with Gasteiger partial charge in [-0.05, 0) is 88.0 Å². The second-order valence-corrected chi connectivity index (χ2v) is 9.38. The normalized spacial score (nSPS) is 31.2. The highest BCUT2D eigenvalue weighted by molar-refractivity contribution is 6.00. The van der Waals surface area contributed by atoms with Crippen LogP contribution < -0.4 is 10.5 Å². The summed E-state index contributed by atoms with van der Waals surface area (Å²) in [6.07, 6.45) is 8.52. The van der Waals surface area contributed by atoms with Crippen LogP contribution in [0.15, 0.2) is 15.6 Å². The first-order chi connectivity index (χ1) is 13.3. The molecule has 1 aromatic rings. The third kappa shape index (κ3) is 4.01. The highest BCUT2D eigenvalue weighted by Crippen LogP contribution is 2.61. The molecule has 4 fully saturated rings. The van der Waals surface area contributed by atoms with Gasteiger partial charge < -0.3 is 14.3 Å². The fourth-order valence-electron chi connectivity index (χ4n) is 6.34. The molecule has 1 heterocycles. The van der Waals surface area contributed by atoms with Gasteiger partial charge in [-0.15, -0.1) is 0 Å². The van der Waals surface area contributed by atoms with Crippen LogP contribution in [-0.2, 0) is 16.0 Å². The highest BCUT2D eigenvalue weighted by Gasteiger charge is 2.51. The number of hydrazone groups is 1. The fraction of sp³-hybridized carbons (Fsp3) is 0.682. The number of nitrogens with one attached hydrogen (secondary N) is 1. The molecule has 152 valence electrons. The van der Waals surface area contributed by atoms with Crippen LogP contribution in [0.2, 0.25) is 0 Å². The lowest BCUT2D eigenvalue weighted by molar-refractivity contribution is -0.305. The Morgan fingerprint density at radius 3 is 2.39 bits per heavy atom. The minimum Gasteiger partial charge on any atom is -0.550 e. The van der Waals surface area contributed by atoms with Crippen molar-refractivity contribution in [1.29, 1.82) is 0 Å². The van der Waals surface area contributed by atoms with Crippen LogP contribution in [0.1, 0.15) is 75.4 Å². The summed E-state index contributed by atoms with van der Waals surface area (Å²) < 4.78 is 5.60. The molecule has 0 atom stereocenters. The van der Waals surface area contributed by atoms with Gasteiger partial charge in [0.1, 0.15) is 11.5 Å². The number of aryl methyl sites for hydroxylation is 2. The molecule has 4 saturated carbocycles. The number of amides is 1.